The van der Waals surface area contributed by atoms with Gasteiger partial charge in [-0.1, -0.05) is 0 Å². The van der Waals surface area contributed by atoms with E-state index in [1.54, 1.807) is 0 Å². The maximum absolute atomic E-state index is 12.0. The van der Waals surface area contributed by atoms with E-state index in [0.717, 1.165) is 0 Å². The first-order chi connectivity index (χ1) is 8.80. The number of rotatable bonds is 4. The number of hydrogen-bond acceptors (Lipinski definition) is 4. The molecule has 2 N–H and O–H groups in total. The van der Waals surface area contributed by atoms with Gasteiger partial charge in [-0.2, -0.15) is 13.2 Å². The Hall–Kier alpha value is -2.38. The summed E-state index contributed by atoms with van der Waals surface area (Å²) in [5, 5.41) is 0. The van der Waals surface area contributed by atoms with Gasteiger partial charge < -0.3 is 5.43 Å². The molecule has 0 aromatic carbocycles. The van der Waals surface area contributed by atoms with Crippen LogP contribution in [0, 0.1) is 0 Å². The summed E-state index contributed by atoms with van der Waals surface area (Å²) >= 11 is 0. The van der Waals surface area contributed by atoms with Gasteiger partial charge in [0.2, 0.25) is 0 Å². The molecule has 0 spiro atoms. The predicted molar refractivity (Wildman–Crippen MR) is 59.7 cm³/mol. The van der Waals surface area contributed by atoms with E-state index in [-0.39, 0.29) is 11.3 Å². The smallest absolute Gasteiger partial charge is 0.303 e. The Morgan fingerprint density at radius 2 is 2.00 bits per heavy atom. The molecule has 5 nitrogen and oxygen atoms in total. The Balaban J connectivity index is 2.56. The van der Waals surface area contributed by atoms with Gasteiger partial charge >= 0.3 is 6.18 Å². The second-order valence-electron chi connectivity index (χ2n) is 3.51. The van der Waals surface area contributed by atoms with Crippen molar-refractivity contribution in [1.82, 2.24) is 15.8 Å². The zero-order valence-corrected chi connectivity index (χ0v) is 9.78. The third-order valence-electron chi connectivity index (χ3n) is 1.92. The molecule has 0 fully saturated rings. The molecule has 0 saturated carbocycles. The minimum Gasteiger partial charge on any atom is -0.303 e. The summed E-state index contributed by atoms with van der Waals surface area (Å²) in [6, 6.07) is 3.01. The summed E-state index contributed by atoms with van der Waals surface area (Å²) in [6.45, 7) is 1.22. The highest BCUT2D eigenvalue weighted by atomic mass is 19.4. The summed E-state index contributed by atoms with van der Waals surface area (Å²) in [4.78, 5) is 25.8. The van der Waals surface area contributed by atoms with Crippen LogP contribution < -0.4 is 10.9 Å². The van der Waals surface area contributed by atoms with Gasteiger partial charge in [-0.05, 0) is 19.1 Å². The zero-order valence-electron chi connectivity index (χ0n) is 9.78. The van der Waals surface area contributed by atoms with Crippen LogP contribution in [0.1, 0.15) is 17.3 Å². The van der Waals surface area contributed by atoms with Crippen molar-refractivity contribution in [2.75, 3.05) is 0 Å². The van der Waals surface area contributed by atoms with E-state index in [1.165, 1.54) is 31.5 Å². The molecular weight excluding hydrogens is 263 g/mol. The van der Waals surface area contributed by atoms with Gasteiger partial charge in [0, 0.05) is 24.2 Å². The summed E-state index contributed by atoms with van der Waals surface area (Å²) < 4.78 is 35.9. The monoisotopic (exact) mass is 273 g/mol. The molecule has 0 bridgehead atoms. The van der Waals surface area contributed by atoms with Crippen molar-refractivity contribution >= 4 is 11.7 Å². The van der Waals surface area contributed by atoms with E-state index in [0.29, 0.717) is 6.08 Å². The van der Waals surface area contributed by atoms with E-state index < -0.39 is 17.9 Å². The summed E-state index contributed by atoms with van der Waals surface area (Å²) in [5.74, 6) is -2.59. The molecule has 0 radical (unpaired) electrons. The van der Waals surface area contributed by atoms with Gasteiger partial charge in [0.15, 0.2) is 0 Å². The van der Waals surface area contributed by atoms with Gasteiger partial charge in [-0.3, -0.25) is 20.0 Å². The van der Waals surface area contributed by atoms with E-state index in [1.807, 2.05) is 0 Å². The lowest BCUT2D eigenvalue weighted by atomic mass is 10.3. The van der Waals surface area contributed by atoms with Gasteiger partial charge in [-0.15, -0.1) is 0 Å². The number of pyridine rings is 1. The molecule has 1 aromatic rings. The van der Waals surface area contributed by atoms with Crippen LogP contribution in [0.2, 0.25) is 0 Å². The lowest BCUT2D eigenvalue weighted by Crippen LogP contribution is -2.36. The van der Waals surface area contributed by atoms with Crippen LogP contribution in [0.25, 0.3) is 0 Å². The first kappa shape index (κ1) is 14.7. The molecule has 0 aliphatic carbocycles. The average Bonchev–Trinajstić information content (AvgIpc) is 2.35. The number of hydrazine groups is 1. The lowest BCUT2D eigenvalue weighted by molar-refractivity contribution is -0.165. The Labute approximate surface area is 106 Å². The van der Waals surface area contributed by atoms with Crippen molar-refractivity contribution < 1.29 is 22.8 Å². The number of ketones is 1. The van der Waals surface area contributed by atoms with Crippen molar-refractivity contribution in [3.05, 3.63) is 41.9 Å². The number of amides is 1. The molecule has 1 amide bonds. The molecule has 19 heavy (non-hydrogen) atoms. The molecule has 0 saturated heterocycles. The third-order valence-corrected chi connectivity index (χ3v) is 1.92. The van der Waals surface area contributed by atoms with Gasteiger partial charge in [0.25, 0.3) is 11.7 Å². The molecule has 1 aromatic heterocycles. The summed E-state index contributed by atoms with van der Waals surface area (Å²) in [5.41, 5.74) is 4.42. The largest absolute Gasteiger partial charge is 0.454 e. The second kappa shape index (κ2) is 5.98. The SMILES string of the molecule is C/C(=C\C(=O)C(F)(F)F)NNC(=O)c1cccnc1. The first-order valence-electron chi connectivity index (χ1n) is 5.06. The predicted octanol–water partition coefficient (Wildman–Crippen LogP) is 1.35. The van der Waals surface area contributed by atoms with E-state index in [9.17, 15) is 22.8 Å². The molecule has 1 rings (SSSR count). The Morgan fingerprint density at radius 3 is 2.53 bits per heavy atom. The van der Waals surface area contributed by atoms with Gasteiger partial charge in [0.05, 0.1) is 5.56 Å². The van der Waals surface area contributed by atoms with E-state index in [2.05, 4.69) is 15.8 Å². The number of allylic oxidation sites excluding steroid dienone is 2. The fourth-order valence-electron chi connectivity index (χ4n) is 1.04. The lowest BCUT2D eigenvalue weighted by Gasteiger charge is -2.08. The van der Waals surface area contributed by atoms with Crippen LogP contribution in [-0.4, -0.2) is 22.9 Å². The van der Waals surface area contributed by atoms with Gasteiger partial charge in [0.1, 0.15) is 0 Å². The normalized spacial score (nSPS) is 11.9. The van der Waals surface area contributed by atoms with Crippen molar-refractivity contribution in [1.29, 1.82) is 0 Å². The number of hydrogen-bond donors (Lipinski definition) is 2. The van der Waals surface area contributed by atoms with E-state index >= 15 is 0 Å². The van der Waals surface area contributed by atoms with Crippen molar-refractivity contribution in [2.24, 2.45) is 0 Å². The van der Waals surface area contributed by atoms with Crippen molar-refractivity contribution in [3.8, 4) is 0 Å². The fraction of sp³-hybridized carbons (Fsp3) is 0.182. The Bertz CT molecular complexity index is 498. The molecular formula is C11H10F3N3O2. The second-order valence-corrected chi connectivity index (χ2v) is 3.51. The highest BCUT2D eigenvalue weighted by Gasteiger charge is 2.36. The fourth-order valence-corrected chi connectivity index (χ4v) is 1.04. The van der Waals surface area contributed by atoms with Crippen LogP contribution >= 0.6 is 0 Å². The highest BCUT2D eigenvalue weighted by molar-refractivity contribution is 5.95. The highest BCUT2D eigenvalue weighted by Crippen LogP contribution is 2.16. The molecule has 1 heterocycles. The standard InChI is InChI=1S/C11H10F3N3O2/c1-7(5-9(18)11(12,13)14)16-17-10(19)8-3-2-4-15-6-8/h2-6,16H,1H3,(H,17,19)/b7-5+. The third kappa shape index (κ3) is 4.78. The minimum atomic E-state index is -4.93. The topological polar surface area (TPSA) is 71.1 Å². The number of carbonyl (C=O) groups is 2. The first-order valence-corrected chi connectivity index (χ1v) is 5.06. The van der Waals surface area contributed by atoms with Crippen LogP contribution in [0.15, 0.2) is 36.3 Å². The van der Waals surface area contributed by atoms with Crippen LogP contribution in [0.5, 0.6) is 0 Å². The summed E-state index contributed by atoms with van der Waals surface area (Å²) in [6.07, 6.45) is -1.83. The maximum Gasteiger partial charge on any atom is 0.454 e. The maximum atomic E-state index is 12.0. The van der Waals surface area contributed by atoms with Gasteiger partial charge in [-0.25, -0.2) is 0 Å². The average molecular weight is 273 g/mol. The molecule has 0 unspecified atom stereocenters. The van der Waals surface area contributed by atoms with Crippen LogP contribution in [-0.2, 0) is 4.79 Å². The number of nitrogens with zero attached hydrogens (tertiary/aromatic N) is 1. The van der Waals surface area contributed by atoms with Crippen molar-refractivity contribution in [3.63, 3.8) is 0 Å². The molecule has 0 atom stereocenters. The summed E-state index contributed by atoms with van der Waals surface area (Å²) in [7, 11) is 0. The van der Waals surface area contributed by atoms with Crippen molar-refractivity contribution in [2.45, 2.75) is 13.1 Å². The van der Waals surface area contributed by atoms with E-state index in [4.69, 9.17) is 0 Å². The minimum absolute atomic E-state index is 0.139. The number of aromatic nitrogens is 1. The number of alkyl halides is 3. The number of halogens is 3. The number of nitrogens with one attached hydrogen (secondary N) is 2. The van der Waals surface area contributed by atoms with Crippen LogP contribution in [0.3, 0.4) is 0 Å². The molecule has 0 aliphatic heterocycles. The number of carbonyl (C=O) groups excluding carboxylic acids is 2. The quantitative estimate of drug-likeness (QED) is 0.641. The Kier molecular flexibility index (Phi) is 4.62. The Morgan fingerprint density at radius 1 is 1.32 bits per heavy atom. The van der Waals surface area contributed by atoms with Crippen LogP contribution in [0.4, 0.5) is 13.2 Å². The zero-order chi connectivity index (χ0) is 14.5. The molecule has 8 heteroatoms. The molecule has 0 aliphatic rings. The molecule has 102 valence electrons.